The standard InChI is InChI=1S/C13H27Cl2N/c1-4-7-8-12(5-2)9-16-13(6-3,10-14)11-15/h12,16H,4-11H2,1-3H3. The van der Waals surface area contributed by atoms with Crippen LogP contribution in [0, 0.1) is 5.92 Å². The van der Waals surface area contributed by atoms with E-state index in [1.807, 2.05) is 0 Å². The van der Waals surface area contributed by atoms with Crippen LogP contribution in [0.1, 0.15) is 52.9 Å². The Kier molecular flexibility index (Phi) is 9.88. The summed E-state index contributed by atoms with van der Waals surface area (Å²) in [7, 11) is 0. The average molecular weight is 268 g/mol. The molecule has 0 saturated carbocycles. The van der Waals surface area contributed by atoms with E-state index < -0.39 is 0 Å². The van der Waals surface area contributed by atoms with Crippen LogP contribution < -0.4 is 5.32 Å². The molecule has 0 heterocycles. The van der Waals surface area contributed by atoms with Crippen molar-refractivity contribution in [1.82, 2.24) is 5.32 Å². The van der Waals surface area contributed by atoms with E-state index in [4.69, 9.17) is 23.2 Å². The molecule has 0 aromatic heterocycles. The molecule has 1 unspecified atom stereocenters. The van der Waals surface area contributed by atoms with E-state index in [1.54, 1.807) is 0 Å². The highest BCUT2D eigenvalue weighted by molar-refractivity contribution is 6.22. The van der Waals surface area contributed by atoms with Gasteiger partial charge in [0.15, 0.2) is 0 Å². The van der Waals surface area contributed by atoms with Crippen molar-refractivity contribution < 1.29 is 0 Å². The normalized spacial score (nSPS) is 14.1. The van der Waals surface area contributed by atoms with Gasteiger partial charge < -0.3 is 5.32 Å². The summed E-state index contributed by atoms with van der Waals surface area (Å²) in [6, 6.07) is 0. The van der Waals surface area contributed by atoms with Crippen molar-refractivity contribution in [3.63, 3.8) is 0 Å². The zero-order chi connectivity index (χ0) is 12.4. The maximum Gasteiger partial charge on any atom is 0.0451 e. The number of nitrogens with one attached hydrogen (secondary N) is 1. The molecule has 0 fully saturated rings. The second-order valence-electron chi connectivity index (χ2n) is 4.70. The Morgan fingerprint density at radius 3 is 2.12 bits per heavy atom. The lowest BCUT2D eigenvalue weighted by molar-refractivity contribution is 0.327. The smallest absolute Gasteiger partial charge is 0.0451 e. The summed E-state index contributed by atoms with van der Waals surface area (Å²) in [6.07, 6.45) is 6.13. The van der Waals surface area contributed by atoms with Crippen molar-refractivity contribution in [2.45, 2.75) is 58.4 Å². The van der Waals surface area contributed by atoms with Crippen molar-refractivity contribution in [3.8, 4) is 0 Å². The number of halogens is 2. The molecule has 3 heteroatoms. The minimum atomic E-state index is -0.0667. The molecule has 1 N–H and O–H groups in total. The van der Waals surface area contributed by atoms with Crippen LogP contribution in [0.4, 0.5) is 0 Å². The number of unbranched alkanes of at least 4 members (excludes halogenated alkanes) is 1. The molecular formula is C13H27Cl2N. The molecule has 0 aliphatic heterocycles. The summed E-state index contributed by atoms with van der Waals surface area (Å²) in [5.41, 5.74) is -0.0667. The summed E-state index contributed by atoms with van der Waals surface area (Å²) in [5, 5.41) is 3.58. The van der Waals surface area contributed by atoms with E-state index in [-0.39, 0.29) is 5.54 Å². The van der Waals surface area contributed by atoms with Gasteiger partial charge in [-0.25, -0.2) is 0 Å². The first kappa shape index (κ1) is 16.5. The Morgan fingerprint density at radius 2 is 1.75 bits per heavy atom. The fourth-order valence-corrected chi connectivity index (χ4v) is 2.60. The molecule has 0 aliphatic rings. The predicted octanol–water partition coefficient (Wildman–Crippen LogP) is 4.42. The molecule has 0 aliphatic carbocycles. The molecular weight excluding hydrogens is 241 g/mol. The van der Waals surface area contributed by atoms with Gasteiger partial charge in [0.25, 0.3) is 0 Å². The average Bonchev–Trinajstić information content (AvgIpc) is 2.35. The molecule has 16 heavy (non-hydrogen) atoms. The monoisotopic (exact) mass is 267 g/mol. The van der Waals surface area contributed by atoms with Gasteiger partial charge in [0.2, 0.25) is 0 Å². The second kappa shape index (κ2) is 9.56. The molecule has 0 saturated heterocycles. The molecule has 0 spiro atoms. The molecule has 1 nitrogen and oxygen atoms in total. The highest BCUT2D eigenvalue weighted by Gasteiger charge is 2.26. The summed E-state index contributed by atoms with van der Waals surface area (Å²) in [4.78, 5) is 0. The summed E-state index contributed by atoms with van der Waals surface area (Å²) >= 11 is 12.0. The molecule has 1 atom stereocenters. The number of hydrogen-bond acceptors (Lipinski definition) is 1. The van der Waals surface area contributed by atoms with E-state index >= 15 is 0 Å². The lowest BCUT2D eigenvalue weighted by Gasteiger charge is -2.31. The van der Waals surface area contributed by atoms with Gasteiger partial charge in [-0.2, -0.15) is 0 Å². The Hall–Kier alpha value is 0.540. The molecule has 0 rings (SSSR count). The Morgan fingerprint density at radius 1 is 1.12 bits per heavy atom. The van der Waals surface area contributed by atoms with Crippen molar-refractivity contribution >= 4 is 23.2 Å². The highest BCUT2D eigenvalue weighted by atomic mass is 35.5. The third-order valence-corrected chi connectivity index (χ3v) is 4.52. The van der Waals surface area contributed by atoms with Gasteiger partial charge in [-0.1, -0.05) is 40.0 Å². The van der Waals surface area contributed by atoms with Crippen LogP contribution in [-0.2, 0) is 0 Å². The fourth-order valence-electron chi connectivity index (χ4n) is 1.75. The van der Waals surface area contributed by atoms with Crippen LogP contribution in [0.3, 0.4) is 0 Å². The SMILES string of the molecule is CCCCC(CC)CNC(CC)(CCl)CCl. The topological polar surface area (TPSA) is 12.0 Å². The van der Waals surface area contributed by atoms with Gasteiger partial charge in [0.05, 0.1) is 0 Å². The van der Waals surface area contributed by atoms with Gasteiger partial charge in [-0.3, -0.25) is 0 Å². The second-order valence-corrected chi connectivity index (χ2v) is 5.23. The maximum atomic E-state index is 6.01. The van der Waals surface area contributed by atoms with Crippen LogP contribution >= 0.6 is 23.2 Å². The van der Waals surface area contributed by atoms with Crippen molar-refractivity contribution in [1.29, 1.82) is 0 Å². The number of hydrogen-bond donors (Lipinski definition) is 1. The fraction of sp³-hybridized carbons (Fsp3) is 1.00. The first-order valence-corrected chi connectivity index (χ1v) is 7.61. The minimum Gasteiger partial charge on any atom is -0.309 e. The van der Waals surface area contributed by atoms with Crippen molar-refractivity contribution in [2.24, 2.45) is 5.92 Å². The largest absolute Gasteiger partial charge is 0.309 e. The van der Waals surface area contributed by atoms with Crippen molar-refractivity contribution in [3.05, 3.63) is 0 Å². The quantitative estimate of drug-likeness (QED) is 0.578. The van der Waals surface area contributed by atoms with Gasteiger partial charge >= 0.3 is 0 Å². The van der Waals surface area contributed by atoms with Crippen LogP contribution in [0.2, 0.25) is 0 Å². The predicted molar refractivity (Wildman–Crippen MR) is 75.8 cm³/mol. The van der Waals surface area contributed by atoms with E-state index in [2.05, 4.69) is 26.1 Å². The third-order valence-electron chi connectivity index (χ3n) is 3.50. The molecule has 0 bridgehead atoms. The highest BCUT2D eigenvalue weighted by Crippen LogP contribution is 2.18. The molecule has 0 aromatic rings. The molecule has 0 radical (unpaired) electrons. The van der Waals surface area contributed by atoms with Crippen LogP contribution in [-0.4, -0.2) is 23.8 Å². The molecule has 0 amide bonds. The zero-order valence-electron chi connectivity index (χ0n) is 11.0. The maximum absolute atomic E-state index is 6.01. The Bertz CT molecular complexity index is 150. The number of rotatable bonds is 10. The molecule has 98 valence electrons. The van der Waals surface area contributed by atoms with E-state index in [0.29, 0.717) is 11.8 Å². The number of alkyl halides is 2. The Labute approximate surface area is 111 Å². The first-order valence-electron chi connectivity index (χ1n) is 6.54. The summed E-state index contributed by atoms with van der Waals surface area (Å²) in [6.45, 7) is 7.69. The summed E-state index contributed by atoms with van der Waals surface area (Å²) in [5.74, 6) is 1.95. The lowest BCUT2D eigenvalue weighted by atomic mass is 9.96. The van der Waals surface area contributed by atoms with E-state index in [0.717, 1.165) is 18.9 Å². The third kappa shape index (κ3) is 5.75. The minimum absolute atomic E-state index is 0.0667. The van der Waals surface area contributed by atoms with Crippen LogP contribution in [0.5, 0.6) is 0 Å². The van der Waals surface area contributed by atoms with Crippen LogP contribution in [0.15, 0.2) is 0 Å². The lowest BCUT2D eigenvalue weighted by Crippen LogP contribution is -2.50. The van der Waals surface area contributed by atoms with Gasteiger partial charge in [-0.05, 0) is 25.3 Å². The van der Waals surface area contributed by atoms with Crippen LogP contribution in [0.25, 0.3) is 0 Å². The van der Waals surface area contributed by atoms with Gasteiger partial charge in [0, 0.05) is 17.3 Å². The van der Waals surface area contributed by atoms with E-state index in [1.165, 1.54) is 25.7 Å². The first-order chi connectivity index (χ1) is 7.67. The van der Waals surface area contributed by atoms with E-state index in [9.17, 15) is 0 Å². The Balaban J connectivity index is 4.05. The zero-order valence-corrected chi connectivity index (χ0v) is 12.5. The summed E-state index contributed by atoms with van der Waals surface area (Å²) < 4.78 is 0. The molecule has 0 aromatic carbocycles. The van der Waals surface area contributed by atoms with Gasteiger partial charge in [-0.15, -0.1) is 23.2 Å². The van der Waals surface area contributed by atoms with Crippen molar-refractivity contribution in [2.75, 3.05) is 18.3 Å². The van der Waals surface area contributed by atoms with Gasteiger partial charge in [0.1, 0.15) is 0 Å².